The fraction of sp³-hybridized carbons (Fsp3) is 0.375. The van der Waals surface area contributed by atoms with Crippen LogP contribution in [0.2, 0.25) is 0 Å². The van der Waals surface area contributed by atoms with E-state index in [2.05, 4.69) is 29.1 Å². The minimum absolute atomic E-state index is 0.251. The second kappa shape index (κ2) is 6.16. The topological polar surface area (TPSA) is 42.7 Å². The molecule has 0 saturated heterocycles. The molecule has 128 valence electrons. The molecule has 0 aliphatic carbocycles. The monoisotopic (exact) mass is 354 g/mol. The number of anilines is 1. The molecule has 1 aliphatic heterocycles. The van der Waals surface area contributed by atoms with Crippen LogP contribution >= 0.6 is 11.8 Å². The third-order valence-corrected chi connectivity index (χ3v) is 4.68. The van der Waals surface area contributed by atoms with Gasteiger partial charge in [-0.2, -0.15) is 13.2 Å². The zero-order valence-electron chi connectivity index (χ0n) is 13.5. The molecule has 0 aromatic carbocycles. The summed E-state index contributed by atoms with van der Waals surface area (Å²) in [5.74, 6) is 1.22. The number of rotatable bonds is 3. The summed E-state index contributed by atoms with van der Waals surface area (Å²) in [5, 5.41) is 3.19. The molecule has 24 heavy (non-hydrogen) atoms. The summed E-state index contributed by atoms with van der Waals surface area (Å²) in [4.78, 5) is 9.54. The fourth-order valence-corrected chi connectivity index (χ4v) is 3.48. The molecule has 0 bridgehead atoms. The van der Waals surface area contributed by atoms with E-state index in [1.54, 1.807) is 35.8 Å². The van der Waals surface area contributed by atoms with Gasteiger partial charge in [0.25, 0.3) is 0 Å². The lowest BCUT2D eigenvalue weighted by Crippen LogP contribution is -2.23. The zero-order valence-corrected chi connectivity index (χ0v) is 14.3. The van der Waals surface area contributed by atoms with Crippen molar-refractivity contribution in [1.29, 1.82) is 0 Å². The van der Waals surface area contributed by atoms with Gasteiger partial charge in [0.15, 0.2) is 0 Å². The van der Waals surface area contributed by atoms with Crippen molar-refractivity contribution in [2.45, 2.75) is 30.2 Å². The molecule has 0 radical (unpaired) electrons. The number of nitrogens with one attached hydrogen (secondary N) is 1. The number of halogens is 3. The predicted octanol–water partition coefficient (Wildman–Crippen LogP) is 4.35. The fourth-order valence-electron chi connectivity index (χ4n) is 2.56. The van der Waals surface area contributed by atoms with Gasteiger partial charge >= 0.3 is 6.18 Å². The Hall–Kier alpha value is -1.96. The first kappa shape index (κ1) is 16.9. The summed E-state index contributed by atoms with van der Waals surface area (Å²) in [6.45, 7) is 3.90. The van der Waals surface area contributed by atoms with E-state index >= 15 is 0 Å². The maximum absolute atomic E-state index is 12.9. The molecular weight excluding hydrogens is 337 g/mol. The highest BCUT2D eigenvalue weighted by molar-refractivity contribution is 8.00. The Morgan fingerprint density at radius 3 is 2.75 bits per heavy atom. The summed E-state index contributed by atoms with van der Waals surface area (Å²) in [5.41, 5.74) is 0.555. The van der Waals surface area contributed by atoms with Crippen LogP contribution in [0.1, 0.15) is 19.5 Å². The minimum Gasteiger partial charge on any atom is -0.366 e. The van der Waals surface area contributed by atoms with Crippen LogP contribution in [0.3, 0.4) is 0 Å². The van der Waals surface area contributed by atoms with E-state index in [1.807, 2.05) is 6.07 Å². The summed E-state index contributed by atoms with van der Waals surface area (Å²) in [6.07, 6.45) is 0.194. The second-order valence-electron chi connectivity index (χ2n) is 5.79. The smallest absolute Gasteiger partial charge is 0.366 e. The second-order valence-corrected chi connectivity index (χ2v) is 7.41. The normalized spacial score (nSPS) is 14.4. The van der Waals surface area contributed by atoms with E-state index in [9.17, 15) is 13.2 Å². The molecule has 2 aromatic heterocycles. The van der Waals surface area contributed by atoms with E-state index in [0.29, 0.717) is 22.6 Å². The molecule has 0 fully saturated rings. The van der Waals surface area contributed by atoms with Crippen molar-refractivity contribution in [2.24, 2.45) is 7.05 Å². The Balaban J connectivity index is 2.08. The maximum atomic E-state index is 12.9. The van der Waals surface area contributed by atoms with E-state index in [-0.39, 0.29) is 6.54 Å². The van der Waals surface area contributed by atoms with Gasteiger partial charge in [-0.15, -0.1) is 11.8 Å². The standard InChI is InChI=1S/C16H17F3N4S/c1-9(2)24-13-8-20-5-4-11(13)14-22-12-6-10(16(17,18)19)7-21-15(12)23(14)3/h4-6,8-9,21H,7H2,1-3H3. The van der Waals surface area contributed by atoms with Gasteiger partial charge in [0.1, 0.15) is 17.3 Å². The number of fused-ring (bicyclic) bond motifs is 1. The molecule has 0 unspecified atom stereocenters. The molecule has 1 aliphatic rings. The molecule has 0 amide bonds. The molecule has 3 rings (SSSR count). The van der Waals surface area contributed by atoms with Crippen LogP contribution in [-0.4, -0.2) is 32.5 Å². The summed E-state index contributed by atoms with van der Waals surface area (Å²) < 4.78 is 40.5. The summed E-state index contributed by atoms with van der Waals surface area (Å²) >= 11 is 1.65. The largest absolute Gasteiger partial charge is 0.414 e. The van der Waals surface area contributed by atoms with Gasteiger partial charge in [-0.05, 0) is 12.1 Å². The molecule has 1 N–H and O–H groups in total. The van der Waals surface area contributed by atoms with Crippen molar-refractivity contribution in [3.63, 3.8) is 0 Å². The summed E-state index contributed by atoms with van der Waals surface area (Å²) in [7, 11) is 1.80. The van der Waals surface area contributed by atoms with Gasteiger partial charge in [-0.3, -0.25) is 4.98 Å². The van der Waals surface area contributed by atoms with Crippen LogP contribution in [-0.2, 0) is 7.05 Å². The average Bonchev–Trinajstić information content (AvgIpc) is 2.83. The van der Waals surface area contributed by atoms with Crippen molar-refractivity contribution in [3.8, 4) is 11.4 Å². The molecule has 0 atom stereocenters. The number of alkyl halides is 3. The van der Waals surface area contributed by atoms with Crippen molar-refractivity contribution in [2.75, 3.05) is 11.9 Å². The predicted molar refractivity (Wildman–Crippen MR) is 90.0 cm³/mol. The molecule has 8 heteroatoms. The number of imidazole rings is 1. The SMILES string of the molecule is CC(C)Sc1cnccc1-c1nc2c(n1C)NCC(C(F)(F)F)=C2. The van der Waals surface area contributed by atoms with Gasteiger partial charge in [-0.1, -0.05) is 13.8 Å². The first-order valence-corrected chi connectivity index (χ1v) is 8.34. The van der Waals surface area contributed by atoms with E-state index in [1.165, 1.54) is 0 Å². The van der Waals surface area contributed by atoms with Crippen molar-refractivity contribution in [1.82, 2.24) is 14.5 Å². The lowest BCUT2D eigenvalue weighted by Gasteiger charge is -2.18. The minimum atomic E-state index is -4.35. The third kappa shape index (κ3) is 3.15. The number of thioether (sulfide) groups is 1. The highest BCUT2D eigenvalue weighted by Gasteiger charge is 2.36. The van der Waals surface area contributed by atoms with E-state index in [4.69, 9.17) is 0 Å². The third-order valence-electron chi connectivity index (χ3n) is 3.63. The van der Waals surface area contributed by atoms with Gasteiger partial charge in [-0.25, -0.2) is 4.98 Å². The number of hydrogen-bond acceptors (Lipinski definition) is 4. The molecule has 3 heterocycles. The number of aromatic nitrogens is 3. The lowest BCUT2D eigenvalue weighted by molar-refractivity contribution is -0.0909. The Morgan fingerprint density at radius 1 is 1.33 bits per heavy atom. The van der Waals surface area contributed by atoms with Gasteiger partial charge in [0.05, 0.1) is 5.57 Å². The molecule has 4 nitrogen and oxygen atoms in total. The Kier molecular flexibility index (Phi) is 4.33. The lowest BCUT2D eigenvalue weighted by atomic mass is 10.1. The first-order chi connectivity index (χ1) is 11.3. The number of pyridine rings is 1. The highest BCUT2D eigenvalue weighted by Crippen LogP contribution is 2.37. The Bertz CT molecular complexity index is 793. The summed E-state index contributed by atoms with van der Waals surface area (Å²) in [6, 6.07) is 1.84. The molecular formula is C16H17F3N4S. The van der Waals surface area contributed by atoms with Crippen LogP contribution in [0.4, 0.5) is 19.0 Å². The molecule has 2 aromatic rings. The van der Waals surface area contributed by atoms with Crippen molar-refractivity contribution in [3.05, 3.63) is 29.7 Å². The van der Waals surface area contributed by atoms with Crippen LogP contribution in [0.15, 0.2) is 28.9 Å². The quantitative estimate of drug-likeness (QED) is 0.832. The number of nitrogens with zero attached hydrogens (tertiary/aromatic N) is 3. The van der Waals surface area contributed by atoms with Gasteiger partial charge in [0.2, 0.25) is 0 Å². The maximum Gasteiger partial charge on any atom is 0.414 e. The molecule has 0 spiro atoms. The molecule has 0 saturated carbocycles. The van der Waals surface area contributed by atoms with E-state index < -0.39 is 11.7 Å². The zero-order chi connectivity index (χ0) is 17.5. The highest BCUT2D eigenvalue weighted by atomic mass is 32.2. The first-order valence-electron chi connectivity index (χ1n) is 7.46. The van der Waals surface area contributed by atoms with Gasteiger partial charge in [0, 0.05) is 41.7 Å². The van der Waals surface area contributed by atoms with Crippen LogP contribution in [0.5, 0.6) is 0 Å². The van der Waals surface area contributed by atoms with Crippen LogP contribution < -0.4 is 5.32 Å². The average molecular weight is 354 g/mol. The van der Waals surface area contributed by atoms with Crippen LogP contribution in [0.25, 0.3) is 17.5 Å². The Labute approximate surface area is 142 Å². The van der Waals surface area contributed by atoms with Gasteiger partial charge < -0.3 is 9.88 Å². The number of hydrogen-bond donors (Lipinski definition) is 1. The van der Waals surface area contributed by atoms with Crippen molar-refractivity contribution < 1.29 is 13.2 Å². The van der Waals surface area contributed by atoms with Crippen molar-refractivity contribution >= 4 is 23.7 Å². The van der Waals surface area contributed by atoms with E-state index in [0.717, 1.165) is 16.5 Å². The Morgan fingerprint density at radius 2 is 2.08 bits per heavy atom. The van der Waals surface area contributed by atoms with Crippen LogP contribution in [0, 0.1) is 0 Å².